The number of fused-ring (bicyclic) bond motifs is 2. The van der Waals surface area contributed by atoms with Gasteiger partial charge in [-0.15, -0.1) is 0 Å². The Hall–Kier alpha value is -3.19. The number of H-pyrrole nitrogens is 1. The molecule has 0 bridgehead atoms. The summed E-state index contributed by atoms with van der Waals surface area (Å²) >= 11 is 0. The average molecular weight is 415 g/mol. The van der Waals surface area contributed by atoms with Crippen molar-refractivity contribution in [1.82, 2.24) is 29.8 Å². The van der Waals surface area contributed by atoms with E-state index in [1.54, 1.807) is 10.7 Å². The Labute approximate surface area is 180 Å². The maximum absolute atomic E-state index is 13.0. The van der Waals surface area contributed by atoms with Crippen molar-refractivity contribution in [3.63, 3.8) is 0 Å². The first-order valence-corrected chi connectivity index (χ1v) is 11.1. The number of carbonyl (C=O) groups excluding carboxylic acids is 1. The maximum Gasteiger partial charge on any atom is 0.255 e. The smallest absolute Gasteiger partial charge is 0.255 e. The van der Waals surface area contributed by atoms with Gasteiger partial charge < -0.3 is 15.2 Å². The number of likely N-dealkylation sites (tertiary alicyclic amines) is 1. The molecule has 0 unspecified atom stereocenters. The number of carbonyl (C=O) groups is 1. The van der Waals surface area contributed by atoms with Gasteiger partial charge in [0, 0.05) is 41.0 Å². The molecule has 1 amide bonds. The molecule has 31 heavy (non-hydrogen) atoms. The van der Waals surface area contributed by atoms with Crippen molar-refractivity contribution in [2.24, 2.45) is 0 Å². The Morgan fingerprint density at radius 2 is 2.00 bits per heavy atom. The molecule has 1 saturated carbocycles. The van der Waals surface area contributed by atoms with E-state index in [1.807, 2.05) is 24.5 Å². The van der Waals surface area contributed by atoms with Crippen molar-refractivity contribution in [2.45, 2.75) is 37.6 Å². The summed E-state index contributed by atoms with van der Waals surface area (Å²) < 4.78 is 1.77. The molecule has 1 aliphatic heterocycles. The molecule has 1 saturated heterocycles. The van der Waals surface area contributed by atoms with Gasteiger partial charge in [0.2, 0.25) is 0 Å². The number of pyridine rings is 2. The second kappa shape index (κ2) is 7.20. The number of nitrogens with zero attached hydrogens (tertiary/aromatic N) is 4. The Balaban J connectivity index is 1.31. The number of rotatable bonds is 4. The largest absolute Gasteiger partial charge is 0.349 e. The molecule has 4 aromatic heterocycles. The summed E-state index contributed by atoms with van der Waals surface area (Å²) in [5, 5.41) is 8.70. The summed E-state index contributed by atoms with van der Waals surface area (Å²) in [6.07, 6.45) is 10.0. The van der Waals surface area contributed by atoms with Gasteiger partial charge in [0.1, 0.15) is 5.65 Å². The van der Waals surface area contributed by atoms with Crippen LogP contribution in [0.25, 0.3) is 27.7 Å². The molecule has 6 rings (SSSR count). The van der Waals surface area contributed by atoms with Crippen LogP contribution in [0, 0.1) is 0 Å². The minimum Gasteiger partial charge on any atom is -0.349 e. The quantitative estimate of drug-likeness (QED) is 0.535. The second-order valence-electron chi connectivity index (χ2n) is 8.96. The minimum absolute atomic E-state index is 0.0450. The summed E-state index contributed by atoms with van der Waals surface area (Å²) in [6.45, 7) is 2.03. The third-order valence-corrected chi connectivity index (χ3v) is 6.69. The Bertz CT molecular complexity index is 1280. The SMILES string of the molecule is CN1CCC(NC(=O)c2cnn3ccc(-c4c[nH]c5nc(C6CC6)ccc45)cc23)CC1. The first kappa shape index (κ1) is 18.6. The molecule has 2 fully saturated rings. The summed E-state index contributed by atoms with van der Waals surface area (Å²) in [5.41, 5.74) is 5.69. The Kier molecular flexibility index (Phi) is 4.31. The van der Waals surface area contributed by atoms with Gasteiger partial charge in [0.05, 0.1) is 17.3 Å². The molecule has 2 N–H and O–H groups in total. The van der Waals surface area contributed by atoms with Gasteiger partial charge in [0.15, 0.2) is 0 Å². The second-order valence-corrected chi connectivity index (χ2v) is 8.96. The predicted molar refractivity (Wildman–Crippen MR) is 120 cm³/mol. The number of aromatic amines is 1. The highest BCUT2D eigenvalue weighted by Gasteiger charge is 2.25. The first-order chi connectivity index (χ1) is 15.2. The lowest BCUT2D eigenvalue weighted by atomic mass is 10.0. The fourth-order valence-corrected chi connectivity index (χ4v) is 4.60. The number of nitrogens with one attached hydrogen (secondary N) is 2. The van der Waals surface area contributed by atoms with Crippen molar-refractivity contribution in [1.29, 1.82) is 0 Å². The number of aromatic nitrogens is 4. The molecular formula is C24H26N6O. The van der Waals surface area contributed by atoms with Crippen molar-refractivity contribution < 1.29 is 4.79 Å². The fourth-order valence-electron chi connectivity index (χ4n) is 4.60. The molecule has 0 aromatic carbocycles. The number of hydrogen-bond donors (Lipinski definition) is 2. The van der Waals surface area contributed by atoms with Crippen molar-refractivity contribution >= 4 is 22.5 Å². The molecular weight excluding hydrogens is 388 g/mol. The van der Waals surface area contributed by atoms with E-state index in [4.69, 9.17) is 4.98 Å². The van der Waals surface area contributed by atoms with E-state index < -0.39 is 0 Å². The molecule has 2 aliphatic rings. The highest BCUT2D eigenvalue weighted by Crippen LogP contribution is 2.40. The van der Waals surface area contributed by atoms with E-state index in [0.717, 1.165) is 53.6 Å². The van der Waals surface area contributed by atoms with Gasteiger partial charge in [-0.1, -0.05) is 0 Å². The Morgan fingerprint density at radius 1 is 1.16 bits per heavy atom. The van der Waals surface area contributed by atoms with Crippen LogP contribution in [0.15, 0.2) is 42.9 Å². The van der Waals surface area contributed by atoms with Crippen LogP contribution in [0.5, 0.6) is 0 Å². The zero-order valence-corrected chi connectivity index (χ0v) is 17.6. The summed E-state index contributed by atoms with van der Waals surface area (Å²) in [5.74, 6) is 0.585. The van der Waals surface area contributed by atoms with Crippen LogP contribution in [0.3, 0.4) is 0 Å². The third kappa shape index (κ3) is 3.39. The molecule has 0 atom stereocenters. The summed E-state index contributed by atoms with van der Waals surface area (Å²) in [4.78, 5) is 23.4. The molecule has 7 heteroatoms. The number of piperidine rings is 1. The van der Waals surface area contributed by atoms with Gasteiger partial charge >= 0.3 is 0 Å². The zero-order chi connectivity index (χ0) is 20.9. The highest BCUT2D eigenvalue weighted by molar-refractivity contribution is 6.02. The van der Waals surface area contributed by atoms with Crippen LogP contribution >= 0.6 is 0 Å². The first-order valence-electron chi connectivity index (χ1n) is 11.1. The number of amides is 1. The lowest BCUT2D eigenvalue weighted by Gasteiger charge is -2.29. The zero-order valence-electron chi connectivity index (χ0n) is 17.6. The normalized spacial score (nSPS) is 18.1. The van der Waals surface area contributed by atoms with Crippen LogP contribution in [0.4, 0.5) is 0 Å². The molecule has 4 aromatic rings. The summed E-state index contributed by atoms with van der Waals surface area (Å²) in [7, 11) is 2.12. The van der Waals surface area contributed by atoms with Crippen LogP contribution in [0.2, 0.25) is 0 Å². The van der Waals surface area contributed by atoms with Gasteiger partial charge in [-0.3, -0.25) is 4.79 Å². The van der Waals surface area contributed by atoms with Crippen LogP contribution in [0.1, 0.15) is 47.7 Å². The number of hydrogen-bond acceptors (Lipinski definition) is 4. The van der Waals surface area contributed by atoms with Gasteiger partial charge in [0.25, 0.3) is 5.91 Å². The van der Waals surface area contributed by atoms with E-state index in [9.17, 15) is 4.79 Å². The van der Waals surface area contributed by atoms with Crippen LogP contribution in [-0.2, 0) is 0 Å². The minimum atomic E-state index is -0.0450. The molecule has 158 valence electrons. The van der Waals surface area contributed by atoms with E-state index in [0.29, 0.717) is 11.5 Å². The van der Waals surface area contributed by atoms with Crippen LogP contribution in [-0.4, -0.2) is 56.6 Å². The Morgan fingerprint density at radius 3 is 2.81 bits per heavy atom. The topological polar surface area (TPSA) is 78.3 Å². The van der Waals surface area contributed by atoms with Gasteiger partial charge in [-0.05, 0) is 75.6 Å². The molecule has 0 radical (unpaired) electrons. The molecule has 1 aliphatic carbocycles. The highest BCUT2D eigenvalue weighted by atomic mass is 16.1. The summed E-state index contributed by atoms with van der Waals surface area (Å²) in [6, 6.07) is 8.62. The molecule has 7 nitrogen and oxygen atoms in total. The standard InChI is InChI=1S/C24H26N6O/c1-29-9-7-17(8-10-29)27-24(31)20-14-26-30-11-6-16(12-22(20)30)19-13-25-23-18(19)4-5-21(28-23)15-2-3-15/h4-6,11-15,17H,2-3,7-10H2,1H3,(H,25,28)(H,27,31). The third-order valence-electron chi connectivity index (χ3n) is 6.69. The maximum atomic E-state index is 13.0. The van der Waals surface area contributed by atoms with Gasteiger partial charge in [-0.25, -0.2) is 9.50 Å². The van der Waals surface area contributed by atoms with Crippen molar-refractivity contribution in [3.8, 4) is 11.1 Å². The van der Waals surface area contributed by atoms with E-state index in [1.165, 1.54) is 18.5 Å². The lowest BCUT2D eigenvalue weighted by Crippen LogP contribution is -2.43. The fraction of sp³-hybridized carbons (Fsp3) is 0.375. The molecule has 0 spiro atoms. The average Bonchev–Trinajstić information content (AvgIpc) is 3.41. The van der Waals surface area contributed by atoms with E-state index in [-0.39, 0.29) is 11.9 Å². The van der Waals surface area contributed by atoms with E-state index in [2.05, 4.69) is 39.5 Å². The molecule has 5 heterocycles. The monoisotopic (exact) mass is 414 g/mol. The predicted octanol–water partition coefficient (Wildman–Crippen LogP) is 3.58. The van der Waals surface area contributed by atoms with Crippen molar-refractivity contribution in [3.05, 3.63) is 54.1 Å². The van der Waals surface area contributed by atoms with Crippen molar-refractivity contribution in [2.75, 3.05) is 20.1 Å². The van der Waals surface area contributed by atoms with Crippen LogP contribution < -0.4 is 5.32 Å². The van der Waals surface area contributed by atoms with E-state index >= 15 is 0 Å². The lowest BCUT2D eigenvalue weighted by molar-refractivity contribution is 0.0918. The van der Waals surface area contributed by atoms with Gasteiger partial charge in [-0.2, -0.15) is 5.10 Å².